The molecule has 1 aliphatic rings. The Morgan fingerprint density at radius 2 is 1.16 bits per heavy atom. The molecule has 8 heteroatoms. The van der Waals surface area contributed by atoms with Gasteiger partial charge in [0, 0.05) is 11.1 Å². The molecule has 0 spiro atoms. The van der Waals surface area contributed by atoms with Crippen LogP contribution in [0.1, 0.15) is 47.0 Å². The minimum atomic E-state index is -0.587. The van der Waals surface area contributed by atoms with Gasteiger partial charge in [-0.2, -0.15) is 0 Å². The van der Waals surface area contributed by atoms with Gasteiger partial charge in [-0.15, -0.1) is 0 Å². The highest BCUT2D eigenvalue weighted by Crippen LogP contribution is 2.24. The number of hydrazine groups is 1. The fraction of sp³-hybridized carbons (Fsp3) is 0.0435. The number of hydrogen-bond donors (Lipinski definition) is 2. The zero-order chi connectivity index (χ0) is 22.0. The van der Waals surface area contributed by atoms with Crippen LogP contribution < -0.4 is 10.9 Å². The highest BCUT2D eigenvalue weighted by atomic mass is 19.1. The summed E-state index contributed by atoms with van der Waals surface area (Å²) in [7, 11) is 0. The molecule has 0 bridgehead atoms. The number of fused-ring (bicyclic) bond motifs is 1. The Balaban J connectivity index is 1.36. The first-order valence-corrected chi connectivity index (χ1v) is 9.34. The number of nitrogens with one attached hydrogen (secondary N) is 2. The van der Waals surface area contributed by atoms with Gasteiger partial charge in [0.05, 0.1) is 17.7 Å². The standard InChI is InChI=1S/C23H16FN3O4/c24-17-11-9-16(10-12-17)21(29)26-25-20(28)15-7-5-14(6-8-15)13-27-22(30)18-3-1-2-4-19(18)23(27)31/h1-12H,13H2,(H,25,28)(H,26,29). The molecule has 3 aromatic carbocycles. The molecule has 4 amide bonds. The SMILES string of the molecule is O=C(NNC(=O)c1ccc(CN2C(=O)c3ccccc3C2=O)cc1)c1ccc(F)cc1. The van der Waals surface area contributed by atoms with Gasteiger partial charge in [0.25, 0.3) is 23.6 Å². The number of halogens is 1. The van der Waals surface area contributed by atoms with Gasteiger partial charge in [-0.1, -0.05) is 24.3 Å². The van der Waals surface area contributed by atoms with Crippen molar-refractivity contribution in [2.24, 2.45) is 0 Å². The minimum Gasteiger partial charge on any atom is -0.270 e. The average Bonchev–Trinajstić information content (AvgIpc) is 3.03. The number of carbonyl (C=O) groups excluding carboxylic acids is 4. The number of imide groups is 1. The monoisotopic (exact) mass is 417 g/mol. The molecule has 4 rings (SSSR count). The van der Waals surface area contributed by atoms with Crippen LogP contribution in [0.25, 0.3) is 0 Å². The molecule has 0 aliphatic carbocycles. The van der Waals surface area contributed by atoms with Crippen molar-refractivity contribution in [3.05, 3.63) is 106 Å². The fourth-order valence-corrected chi connectivity index (χ4v) is 3.19. The molecule has 2 N–H and O–H groups in total. The largest absolute Gasteiger partial charge is 0.270 e. The molecular formula is C23H16FN3O4. The van der Waals surface area contributed by atoms with Crippen LogP contribution in [0.2, 0.25) is 0 Å². The van der Waals surface area contributed by atoms with Crippen molar-refractivity contribution in [1.82, 2.24) is 15.8 Å². The van der Waals surface area contributed by atoms with Crippen LogP contribution >= 0.6 is 0 Å². The summed E-state index contributed by atoms with van der Waals surface area (Å²) < 4.78 is 12.9. The van der Waals surface area contributed by atoms with Crippen molar-refractivity contribution >= 4 is 23.6 Å². The van der Waals surface area contributed by atoms with E-state index < -0.39 is 17.6 Å². The highest BCUT2D eigenvalue weighted by molar-refractivity contribution is 6.21. The zero-order valence-electron chi connectivity index (χ0n) is 16.1. The quantitative estimate of drug-likeness (QED) is 0.504. The highest BCUT2D eigenvalue weighted by Gasteiger charge is 2.34. The Morgan fingerprint density at radius 1 is 0.710 bits per heavy atom. The summed E-state index contributed by atoms with van der Waals surface area (Å²) >= 11 is 0. The molecule has 154 valence electrons. The van der Waals surface area contributed by atoms with Gasteiger partial charge in [-0.25, -0.2) is 4.39 Å². The summed E-state index contributed by atoms with van der Waals surface area (Å²) in [6, 6.07) is 17.8. The lowest BCUT2D eigenvalue weighted by atomic mass is 10.1. The Kier molecular flexibility index (Phi) is 5.28. The van der Waals surface area contributed by atoms with E-state index in [4.69, 9.17) is 0 Å². The third kappa shape index (κ3) is 4.04. The van der Waals surface area contributed by atoms with Crippen LogP contribution in [0, 0.1) is 5.82 Å². The predicted molar refractivity (Wildman–Crippen MR) is 108 cm³/mol. The van der Waals surface area contributed by atoms with Crippen molar-refractivity contribution in [2.45, 2.75) is 6.54 Å². The van der Waals surface area contributed by atoms with Crippen LogP contribution in [0.3, 0.4) is 0 Å². The molecule has 31 heavy (non-hydrogen) atoms. The van der Waals surface area contributed by atoms with E-state index in [1.165, 1.54) is 24.3 Å². The number of benzene rings is 3. The third-order valence-electron chi connectivity index (χ3n) is 4.83. The van der Waals surface area contributed by atoms with E-state index in [0.29, 0.717) is 16.7 Å². The number of carbonyl (C=O) groups is 4. The van der Waals surface area contributed by atoms with Crippen molar-refractivity contribution in [3.8, 4) is 0 Å². The van der Waals surface area contributed by atoms with Crippen molar-refractivity contribution in [1.29, 1.82) is 0 Å². The van der Waals surface area contributed by atoms with Crippen LogP contribution in [-0.2, 0) is 6.54 Å². The van der Waals surface area contributed by atoms with Gasteiger partial charge in [0.2, 0.25) is 0 Å². The smallest absolute Gasteiger partial charge is 0.269 e. The van der Waals surface area contributed by atoms with Crippen LogP contribution in [0.5, 0.6) is 0 Å². The van der Waals surface area contributed by atoms with Gasteiger partial charge in [-0.05, 0) is 54.1 Å². The van der Waals surface area contributed by atoms with Gasteiger partial charge in [-0.3, -0.25) is 34.9 Å². The van der Waals surface area contributed by atoms with E-state index >= 15 is 0 Å². The molecule has 0 saturated carbocycles. The molecule has 3 aromatic rings. The van der Waals surface area contributed by atoms with E-state index in [1.807, 2.05) is 0 Å². The molecule has 0 unspecified atom stereocenters. The predicted octanol–water partition coefficient (Wildman–Crippen LogP) is 2.70. The lowest BCUT2D eigenvalue weighted by molar-refractivity contribution is 0.0641. The maximum Gasteiger partial charge on any atom is 0.269 e. The molecule has 7 nitrogen and oxygen atoms in total. The van der Waals surface area contributed by atoms with Crippen molar-refractivity contribution in [3.63, 3.8) is 0 Å². The first-order valence-electron chi connectivity index (χ1n) is 9.34. The minimum absolute atomic E-state index is 0.0789. The normalized spacial score (nSPS) is 12.5. The molecule has 1 aliphatic heterocycles. The topological polar surface area (TPSA) is 95.6 Å². The fourth-order valence-electron chi connectivity index (χ4n) is 3.19. The maximum atomic E-state index is 12.9. The zero-order valence-corrected chi connectivity index (χ0v) is 16.1. The van der Waals surface area contributed by atoms with Crippen LogP contribution in [-0.4, -0.2) is 28.5 Å². The van der Waals surface area contributed by atoms with Gasteiger partial charge < -0.3 is 0 Å². The molecule has 0 aromatic heterocycles. The summed E-state index contributed by atoms with van der Waals surface area (Å²) in [5, 5.41) is 0. The van der Waals surface area contributed by atoms with Gasteiger partial charge >= 0.3 is 0 Å². The lowest BCUT2D eigenvalue weighted by Crippen LogP contribution is -2.41. The van der Waals surface area contributed by atoms with Gasteiger partial charge in [0.15, 0.2) is 0 Å². The number of nitrogens with zero attached hydrogens (tertiary/aromatic N) is 1. The first kappa shape index (κ1) is 20.0. The maximum absolute atomic E-state index is 12.9. The van der Waals surface area contributed by atoms with Crippen LogP contribution in [0.15, 0.2) is 72.8 Å². The van der Waals surface area contributed by atoms with Crippen molar-refractivity contribution in [2.75, 3.05) is 0 Å². The lowest BCUT2D eigenvalue weighted by Gasteiger charge is -2.14. The van der Waals surface area contributed by atoms with E-state index in [2.05, 4.69) is 10.9 Å². The second kappa shape index (κ2) is 8.19. The second-order valence-corrected chi connectivity index (χ2v) is 6.85. The van der Waals surface area contributed by atoms with Crippen LogP contribution in [0.4, 0.5) is 4.39 Å². The molecule has 0 radical (unpaired) electrons. The summed E-state index contributed by atoms with van der Waals surface area (Å²) in [5.74, 6) is -2.32. The Hall–Kier alpha value is -4.33. The molecule has 0 saturated heterocycles. The molecule has 0 atom stereocenters. The molecule has 1 heterocycles. The van der Waals surface area contributed by atoms with Gasteiger partial charge in [0.1, 0.15) is 5.82 Å². The van der Waals surface area contributed by atoms with E-state index in [9.17, 15) is 23.6 Å². The number of rotatable bonds is 4. The summed E-state index contributed by atoms with van der Waals surface area (Å²) in [6.07, 6.45) is 0. The van der Waals surface area contributed by atoms with E-state index in [0.717, 1.165) is 17.0 Å². The second-order valence-electron chi connectivity index (χ2n) is 6.85. The summed E-state index contributed by atoms with van der Waals surface area (Å²) in [4.78, 5) is 50.3. The number of amides is 4. The Labute approximate surface area is 176 Å². The molecule has 0 fully saturated rings. The van der Waals surface area contributed by atoms with E-state index in [-0.39, 0.29) is 29.5 Å². The average molecular weight is 417 g/mol. The first-order chi connectivity index (χ1) is 14.9. The van der Waals surface area contributed by atoms with E-state index in [1.54, 1.807) is 36.4 Å². The summed E-state index contributed by atoms with van der Waals surface area (Å²) in [6.45, 7) is 0.0789. The Bertz CT molecular complexity index is 1160. The third-order valence-corrected chi connectivity index (χ3v) is 4.83. The number of hydrogen-bond acceptors (Lipinski definition) is 4. The molecular weight excluding hydrogens is 401 g/mol. The van der Waals surface area contributed by atoms with Crippen molar-refractivity contribution < 1.29 is 23.6 Å². The summed E-state index contributed by atoms with van der Waals surface area (Å²) in [5.41, 5.74) is 6.41. The Morgan fingerprint density at radius 3 is 1.65 bits per heavy atom.